The van der Waals surface area contributed by atoms with E-state index in [0.29, 0.717) is 11.6 Å². The van der Waals surface area contributed by atoms with Gasteiger partial charge in [0, 0.05) is 23.2 Å². The largest absolute Gasteiger partial charge is 0.402 e. The number of esters is 1. The Balaban J connectivity index is 1.86. The molecule has 5 heteroatoms. The minimum Gasteiger partial charge on any atom is -0.402 e. The molecular formula is C20H19BrN2O2. The lowest BCUT2D eigenvalue weighted by Gasteiger charge is -2.20. The molecule has 0 fully saturated rings. The minimum atomic E-state index is -0.432. The molecule has 3 rings (SSSR count). The van der Waals surface area contributed by atoms with Crippen LogP contribution < -0.4 is 4.90 Å². The Morgan fingerprint density at radius 2 is 1.76 bits per heavy atom. The summed E-state index contributed by atoms with van der Waals surface area (Å²) in [6, 6.07) is 15.6. The van der Waals surface area contributed by atoms with E-state index in [1.807, 2.05) is 36.4 Å². The van der Waals surface area contributed by atoms with Crippen molar-refractivity contribution in [2.24, 2.45) is 4.99 Å². The topological polar surface area (TPSA) is 41.9 Å². The van der Waals surface area contributed by atoms with Crippen molar-refractivity contribution in [2.75, 3.05) is 18.0 Å². The number of halogens is 1. The first kappa shape index (κ1) is 17.4. The van der Waals surface area contributed by atoms with Crippen molar-refractivity contribution in [3.8, 4) is 0 Å². The summed E-state index contributed by atoms with van der Waals surface area (Å²) in [5.74, 6) is -0.109. The fraction of sp³-hybridized carbons (Fsp3) is 0.200. The zero-order chi connectivity index (χ0) is 17.8. The molecule has 0 unspecified atom stereocenters. The Labute approximate surface area is 156 Å². The third-order valence-corrected chi connectivity index (χ3v) is 4.74. The van der Waals surface area contributed by atoms with Gasteiger partial charge in [0.1, 0.15) is 0 Å². The molecule has 128 valence electrons. The molecule has 2 aromatic rings. The van der Waals surface area contributed by atoms with Crippen LogP contribution in [-0.4, -0.2) is 25.0 Å². The van der Waals surface area contributed by atoms with Crippen LogP contribution in [0.4, 0.5) is 5.69 Å². The molecule has 0 radical (unpaired) electrons. The highest BCUT2D eigenvalue weighted by Gasteiger charge is 2.25. The molecule has 0 saturated carbocycles. The molecule has 25 heavy (non-hydrogen) atoms. The Bertz CT molecular complexity index is 837. The second-order valence-corrected chi connectivity index (χ2v) is 6.43. The maximum atomic E-state index is 12.1. The molecule has 0 atom stereocenters. The predicted octanol–water partition coefficient (Wildman–Crippen LogP) is 4.64. The lowest BCUT2D eigenvalue weighted by atomic mass is 10.1. The second kappa shape index (κ2) is 7.66. The van der Waals surface area contributed by atoms with Gasteiger partial charge >= 0.3 is 5.97 Å². The molecule has 4 nitrogen and oxygen atoms in total. The van der Waals surface area contributed by atoms with Crippen molar-refractivity contribution in [2.45, 2.75) is 13.8 Å². The number of ether oxygens (including phenoxy) is 1. The first-order chi connectivity index (χ1) is 12.1. The Kier molecular flexibility index (Phi) is 5.34. The van der Waals surface area contributed by atoms with Crippen LogP contribution in [0.5, 0.6) is 0 Å². The van der Waals surface area contributed by atoms with Gasteiger partial charge < -0.3 is 9.64 Å². The van der Waals surface area contributed by atoms with Crippen molar-refractivity contribution in [3.63, 3.8) is 0 Å². The quantitative estimate of drug-likeness (QED) is 0.544. The van der Waals surface area contributed by atoms with E-state index in [9.17, 15) is 4.79 Å². The summed E-state index contributed by atoms with van der Waals surface area (Å²) in [6.45, 7) is 6.18. The lowest BCUT2D eigenvalue weighted by molar-refractivity contribution is -0.129. The van der Waals surface area contributed by atoms with E-state index in [0.717, 1.165) is 28.7 Å². The van der Waals surface area contributed by atoms with Gasteiger partial charge in [-0.05, 0) is 65.7 Å². The highest BCUT2D eigenvalue weighted by atomic mass is 79.9. The van der Waals surface area contributed by atoms with Gasteiger partial charge in [-0.2, -0.15) is 0 Å². The van der Waals surface area contributed by atoms with Crippen molar-refractivity contribution < 1.29 is 9.53 Å². The van der Waals surface area contributed by atoms with Crippen LogP contribution in [0.3, 0.4) is 0 Å². The molecule has 2 aromatic carbocycles. The number of hydrogen-bond donors (Lipinski definition) is 0. The van der Waals surface area contributed by atoms with Crippen LogP contribution in [0.15, 0.2) is 63.7 Å². The van der Waals surface area contributed by atoms with E-state index in [1.165, 1.54) is 5.69 Å². The standard InChI is InChI=1S/C20H19BrN2O2/c1-3-23(4-2)15-11-9-14(10-12-15)13-18-20(24)25-19(22-18)16-7-5-6-8-17(16)21/h5-13H,3-4H2,1-2H3/b18-13-. The van der Waals surface area contributed by atoms with E-state index >= 15 is 0 Å². The number of benzene rings is 2. The fourth-order valence-corrected chi connectivity index (χ4v) is 3.14. The van der Waals surface area contributed by atoms with E-state index in [-0.39, 0.29) is 0 Å². The molecule has 1 aliphatic heterocycles. The third kappa shape index (κ3) is 3.82. The highest BCUT2D eigenvalue weighted by molar-refractivity contribution is 9.10. The molecule has 0 aliphatic carbocycles. The van der Waals surface area contributed by atoms with Crippen LogP contribution in [-0.2, 0) is 9.53 Å². The average molecular weight is 399 g/mol. The van der Waals surface area contributed by atoms with Crippen LogP contribution in [0, 0.1) is 0 Å². The van der Waals surface area contributed by atoms with E-state index in [2.05, 4.69) is 51.8 Å². The molecule has 1 aliphatic rings. The zero-order valence-electron chi connectivity index (χ0n) is 14.2. The fourth-order valence-electron chi connectivity index (χ4n) is 2.69. The van der Waals surface area contributed by atoms with Gasteiger partial charge in [-0.3, -0.25) is 0 Å². The van der Waals surface area contributed by atoms with Crippen LogP contribution in [0.25, 0.3) is 6.08 Å². The minimum absolute atomic E-state index is 0.307. The van der Waals surface area contributed by atoms with Crippen molar-refractivity contribution >= 4 is 39.6 Å². The molecule has 0 saturated heterocycles. The number of rotatable bonds is 5. The number of carbonyl (C=O) groups excluding carboxylic acids is 1. The number of carbonyl (C=O) groups is 1. The number of anilines is 1. The van der Waals surface area contributed by atoms with Crippen LogP contribution >= 0.6 is 15.9 Å². The Hall–Kier alpha value is -2.40. The second-order valence-electron chi connectivity index (χ2n) is 5.58. The summed E-state index contributed by atoms with van der Waals surface area (Å²) in [5, 5.41) is 0. The third-order valence-electron chi connectivity index (χ3n) is 4.05. The van der Waals surface area contributed by atoms with Crippen LogP contribution in [0.1, 0.15) is 25.0 Å². The Morgan fingerprint density at radius 3 is 2.40 bits per heavy atom. The van der Waals surface area contributed by atoms with Gasteiger partial charge in [-0.25, -0.2) is 9.79 Å². The van der Waals surface area contributed by atoms with Crippen LogP contribution in [0.2, 0.25) is 0 Å². The lowest BCUT2D eigenvalue weighted by Crippen LogP contribution is -2.21. The molecular weight excluding hydrogens is 380 g/mol. The molecule has 0 spiro atoms. The molecule has 0 amide bonds. The number of nitrogens with zero attached hydrogens (tertiary/aromatic N) is 2. The molecule has 1 heterocycles. The van der Waals surface area contributed by atoms with Gasteiger partial charge in [0.05, 0.1) is 5.56 Å². The van der Waals surface area contributed by atoms with E-state index in [4.69, 9.17) is 4.74 Å². The van der Waals surface area contributed by atoms with Crippen molar-refractivity contribution in [1.82, 2.24) is 0 Å². The summed E-state index contributed by atoms with van der Waals surface area (Å²) < 4.78 is 6.15. The average Bonchev–Trinajstić information content (AvgIpc) is 2.98. The smallest absolute Gasteiger partial charge is 0.363 e. The van der Waals surface area contributed by atoms with Gasteiger partial charge in [0.2, 0.25) is 5.90 Å². The normalized spacial score (nSPS) is 15.2. The van der Waals surface area contributed by atoms with E-state index < -0.39 is 5.97 Å². The summed E-state index contributed by atoms with van der Waals surface area (Å²) in [7, 11) is 0. The molecule has 0 N–H and O–H groups in total. The van der Waals surface area contributed by atoms with Gasteiger partial charge in [-0.1, -0.05) is 24.3 Å². The summed E-state index contributed by atoms with van der Waals surface area (Å²) in [5.41, 5.74) is 3.15. The maximum Gasteiger partial charge on any atom is 0.363 e. The number of aliphatic imine (C=N–C) groups is 1. The monoisotopic (exact) mass is 398 g/mol. The summed E-state index contributed by atoms with van der Waals surface area (Å²) >= 11 is 3.45. The first-order valence-electron chi connectivity index (χ1n) is 8.24. The predicted molar refractivity (Wildman–Crippen MR) is 105 cm³/mol. The highest BCUT2D eigenvalue weighted by Crippen LogP contribution is 2.24. The first-order valence-corrected chi connectivity index (χ1v) is 9.04. The SMILES string of the molecule is CCN(CC)c1ccc(/C=C2\N=C(c3ccccc3Br)OC2=O)cc1. The van der Waals surface area contributed by atoms with Crippen molar-refractivity contribution in [3.05, 3.63) is 69.8 Å². The van der Waals surface area contributed by atoms with Crippen molar-refractivity contribution in [1.29, 1.82) is 0 Å². The van der Waals surface area contributed by atoms with Gasteiger partial charge in [0.25, 0.3) is 0 Å². The van der Waals surface area contributed by atoms with E-state index in [1.54, 1.807) is 6.08 Å². The number of cyclic esters (lactones) is 1. The van der Waals surface area contributed by atoms with Gasteiger partial charge in [-0.15, -0.1) is 0 Å². The number of hydrogen-bond acceptors (Lipinski definition) is 4. The zero-order valence-corrected chi connectivity index (χ0v) is 15.8. The van der Waals surface area contributed by atoms with Gasteiger partial charge in [0.15, 0.2) is 5.70 Å². The molecule has 0 aromatic heterocycles. The maximum absolute atomic E-state index is 12.1. The molecule has 0 bridgehead atoms. The Morgan fingerprint density at radius 1 is 1.08 bits per heavy atom. The summed E-state index contributed by atoms with van der Waals surface area (Å²) in [4.78, 5) is 18.7. The summed E-state index contributed by atoms with van der Waals surface area (Å²) in [6.07, 6.45) is 1.75.